The second-order valence-electron chi connectivity index (χ2n) is 5.59. The lowest BCUT2D eigenvalue weighted by Crippen LogP contribution is -2.39. The minimum atomic E-state index is -1.61. The summed E-state index contributed by atoms with van der Waals surface area (Å²) in [7, 11) is 0. The first kappa shape index (κ1) is 15.5. The molecule has 1 aromatic heterocycles. The SMILES string of the molecule is CCc1cnc(CC(=O)NC[C@@]2(F)CC[C@H](C(=O)O)C2)[nH]1. The molecule has 0 unspecified atom stereocenters. The Hall–Kier alpha value is -1.92. The van der Waals surface area contributed by atoms with Crippen LogP contribution in [0, 0.1) is 5.92 Å². The summed E-state index contributed by atoms with van der Waals surface area (Å²) in [6, 6.07) is 0. The second-order valence-corrected chi connectivity index (χ2v) is 5.59. The van der Waals surface area contributed by atoms with E-state index in [-0.39, 0.29) is 31.7 Å². The molecule has 1 aliphatic rings. The van der Waals surface area contributed by atoms with Crippen molar-refractivity contribution in [3.8, 4) is 0 Å². The fourth-order valence-electron chi connectivity index (χ4n) is 2.60. The molecule has 1 amide bonds. The van der Waals surface area contributed by atoms with Crippen molar-refractivity contribution in [1.82, 2.24) is 15.3 Å². The maximum Gasteiger partial charge on any atom is 0.306 e. The highest BCUT2D eigenvalue weighted by Gasteiger charge is 2.42. The summed E-state index contributed by atoms with van der Waals surface area (Å²) >= 11 is 0. The number of alkyl halides is 1. The molecule has 0 spiro atoms. The van der Waals surface area contributed by atoms with E-state index in [1.54, 1.807) is 6.20 Å². The molecule has 21 heavy (non-hydrogen) atoms. The van der Waals surface area contributed by atoms with Crippen LogP contribution in [0.5, 0.6) is 0 Å². The summed E-state index contributed by atoms with van der Waals surface area (Å²) in [6.45, 7) is 1.83. The molecule has 116 valence electrons. The van der Waals surface area contributed by atoms with Gasteiger partial charge in [0.05, 0.1) is 18.9 Å². The number of aliphatic carboxylic acids is 1. The van der Waals surface area contributed by atoms with Crippen molar-refractivity contribution < 1.29 is 19.1 Å². The molecular weight excluding hydrogens is 277 g/mol. The number of imidazole rings is 1. The van der Waals surface area contributed by atoms with Crippen molar-refractivity contribution >= 4 is 11.9 Å². The average molecular weight is 297 g/mol. The Kier molecular flexibility index (Phi) is 4.59. The van der Waals surface area contributed by atoms with Crippen LogP contribution in [0.3, 0.4) is 0 Å². The van der Waals surface area contributed by atoms with E-state index in [1.807, 2.05) is 6.92 Å². The van der Waals surface area contributed by atoms with E-state index in [2.05, 4.69) is 15.3 Å². The number of nitrogens with zero attached hydrogens (tertiary/aromatic N) is 1. The van der Waals surface area contributed by atoms with E-state index in [1.165, 1.54) is 0 Å². The number of nitrogens with one attached hydrogen (secondary N) is 2. The van der Waals surface area contributed by atoms with Crippen molar-refractivity contribution in [3.05, 3.63) is 17.7 Å². The molecule has 0 aliphatic heterocycles. The zero-order valence-electron chi connectivity index (χ0n) is 12.0. The van der Waals surface area contributed by atoms with Gasteiger partial charge < -0.3 is 15.4 Å². The molecule has 0 bridgehead atoms. The Balaban J connectivity index is 1.80. The Morgan fingerprint density at radius 2 is 2.38 bits per heavy atom. The highest BCUT2D eigenvalue weighted by Crippen LogP contribution is 2.37. The van der Waals surface area contributed by atoms with Crippen LogP contribution >= 0.6 is 0 Å². The number of H-pyrrole nitrogens is 1. The van der Waals surface area contributed by atoms with Crippen LogP contribution < -0.4 is 5.32 Å². The monoisotopic (exact) mass is 297 g/mol. The Bertz CT molecular complexity index is 531. The van der Waals surface area contributed by atoms with Crippen LogP contribution in [0.1, 0.15) is 37.7 Å². The lowest BCUT2D eigenvalue weighted by molar-refractivity contribution is -0.141. The summed E-state index contributed by atoms with van der Waals surface area (Å²) in [6.07, 6.45) is 3.00. The topological polar surface area (TPSA) is 95.1 Å². The standard InChI is InChI=1S/C14H20FN3O3/c1-2-10-7-16-11(18-10)5-12(19)17-8-14(15)4-3-9(6-14)13(20)21/h7,9H,2-6,8H2,1H3,(H,16,18)(H,17,19)(H,20,21)/t9-,14+/m0/s1. The van der Waals surface area contributed by atoms with E-state index in [0.29, 0.717) is 12.2 Å². The van der Waals surface area contributed by atoms with Gasteiger partial charge in [0.1, 0.15) is 11.5 Å². The summed E-state index contributed by atoms with van der Waals surface area (Å²) in [5.74, 6) is -1.39. The Morgan fingerprint density at radius 1 is 1.62 bits per heavy atom. The molecule has 0 saturated heterocycles. The van der Waals surface area contributed by atoms with Crippen molar-refractivity contribution in [2.45, 2.75) is 44.7 Å². The Morgan fingerprint density at radius 3 is 2.95 bits per heavy atom. The number of halogens is 1. The van der Waals surface area contributed by atoms with Gasteiger partial charge in [0.15, 0.2) is 0 Å². The molecule has 2 atom stereocenters. The number of carboxylic acids is 1. The summed E-state index contributed by atoms with van der Waals surface area (Å²) in [5.41, 5.74) is -0.670. The highest BCUT2D eigenvalue weighted by atomic mass is 19.1. The molecule has 1 fully saturated rings. The molecule has 0 radical (unpaired) electrons. The fraction of sp³-hybridized carbons (Fsp3) is 0.643. The second kappa shape index (κ2) is 6.24. The minimum absolute atomic E-state index is 0.0383. The zero-order chi connectivity index (χ0) is 15.5. The lowest BCUT2D eigenvalue weighted by atomic mass is 10.0. The fourth-order valence-corrected chi connectivity index (χ4v) is 2.60. The average Bonchev–Trinajstić information content (AvgIpc) is 3.04. The number of carbonyl (C=O) groups excluding carboxylic acids is 1. The zero-order valence-corrected chi connectivity index (χ0v) is 12.0. The van der Waals surface area contributed by atoms with E-state index in [4.69, 9.17) is 5.11 Å². The molecular formula is C14H20FN3O3. The summed E-state index contributed by atoms with van der Waals surface area (Å²) in [4.78, 5) is 29.7. The number of hydrogen-bond donors (Lipinski definition) is 3. The highest BCUT2D eigenvalue weighted by molar-refractivity contribution is 5.77. The van der Waals surface area contributed by atoms with Crippen LogP contribution in [0.4, 0.5) is 4.39 Å². The van der Waals surface area contributed by atoms with Gasteiger partial charge in [-0.15, -0.1) is 0 Å². The molecule has 6 nitrogen and oxygen atoms in total. The normalized spacial score (nSPS) is 25.0. The van der Waals surface area contributed by atoms with Gasteiger partial charge in [-0.1, -0.05) is 6.92 Å². The quantitative estimate of drug-likeness (QED) is 0.736. The van der Waals surface area contributed by atoms with Crippen molar-refractivity contribution in [3.63, 3.8) is 0 Å². The smallest absolute Gasteiger partial charge is 0.306 e. The Labute approximate surface area is 122 Å². The van der Waals surface area contributed by atoms with Gasteiger partial charge in [0, 0.05) is 11.9 Å². The maximum absolute atomic E-state index is 14.4. The van der Waals surface area contributed by atoms with Crippen LogP contribution in [0.25, 0.3) is 0 Å². The predicted octanol–water partition coefficient (Wildman–Crippen LogP) is 1.22. The third kappa shape index (κ3) is 4.03. The number of aryl methyl sites for hydroxylation is 1. The first-order valence-corrected chi connectivity index (χ1v) is 7.13. The molecule has 1 aromatic rings. The maximum atomic E-state index is 14.4. The molecule has 1 heterocycles. The lowest BCUT2D eigenvalue weighted by Gasteiger charge is -2.19. The molecule has 2 rings (SSSR count). The first-order valence-electron chi connectivity index (χ1n) is 7.13. The van der Waals surface area contributed by atoms with Gasteiger partial charge in [0.25, 0.3) is 0 Å². The molecule has 3 N–H and O–H groups in total. The van der Waals surface area contributed by atoms with Crippen LogP contribution in [0.2, 0.25) is 0 Å². The van der Waals surface area contributed by atoms with Crippen LogP contribution in [-0.2, 0) is 22.4 Å². The van der Waals surface area contributed by atoms with E-state index < -0.39 is 17.6 Å². The number of carboxylic acid groups (broad SMARTS) is 1. The van der Waals surface area contributed by atoms with Gasteiger partial charge in [-0.3, -0.25) is 9.59 Å². The molecule has 1 aliphatic carbocycles. The third-order valence-electron chi connectivity index (χ3n) is 3.89. The van der Waals surface area contributed by atoms with Crippen LogP contribution in [0.15, 0.2) is 6.20 Å². The van der Waals surface area contributed by atoms with Gasteiger partial charge in [0.2, 0.25) is 5.91 Å². The van der Waals surface area contributed by atoms with Crippen molar-refractivity contribution in [2.24, 2.45) is 5.92 Å². The minimum Gasteiger partial charge on any atom is -0.481 e. The summed E-state index contributed by atoms with van der Waals surface area (Å²) < 4.78 is 14.4. The van der Waals surface area contributed by atoms with Crippen LogP contribution in [-0.4, -0.2) is 39.2 Å². The first-order chi connectivity index (χ1) is 9.92. The van der Waals surface area contributed by atoms with E-state index >= 15 is 0 Å². The summed E-state index contributed by atoms with van der Waals surface area (Å²) in [5, 5.41) is 11.4. The van der Waals surface area contributed by atoms with Crippen molar-refractivity contribution in [1.29, 1.82) is 0 Å². The number of amides is 1. The van der Waals surface area contributed by atoms with Gasteiger partial charge in [-0.25, -0.2) is 9.37 Å². The largest absolute Gasteiger partial charge is 0.481 e. The number of aromatic nitrogens is 2. The number of aromatic amines is 1. The van der Waals surface area contributed by atoms with Crippen molar-refractivity contribution in [2.75, 3.05) is 6.54 Å². The van der Waals surface area contributed by atoms with E-state index in [0.717, 1.165) is 12.1 Å². The molecule has 1 saturated carbocycles. The number of rotatable bonds is 6. The van der Waals surface area contributed by atoms with Gasteiger partial charge in [-0.05, 0) is 25.7 Å². The number of carbonyl (C=O) groups is 2. The third-order valence-corrected chi connectivity index (χ3v) is 3.89. The predicted molar refractivity (Wildman–Crippen MR) is 73.5 cm³/mol. The molecule has 0 aromatic carbocycles. The number of hydrogen-bond acceptors (Lipinski definition) is 3. The van der Waals surface area contributed by atoms with Gasteiger partial charge in [-0.2, -0.15) is 0 Å². The van der Waals surface area contributed by atoms with Gasteiger partial charge >= 0.3 is 5.97 Å². The molecule has 7 heteroatoms. The van der Waals surface area contributed by atoms with E-state index in [9.17, 15) is 14.0 Å².